The topological polar surface area (TPSA) is 29.5 Å². The molecule has 0 heterocycles. The minimum atomic E-state index is -0.251. The van der Waals surface area contributed by atoms with E-state index in [1.807, 2.05) is 0 Å². The van der Waals surface area contributed by atoms with Crippen LogP contribution in [0.3, 0.4) is 0 Å². The van der Waals surface area contributed by atoms with Gasteiger partial charge < -0.3 is 9.64 Å². The van der Waals surface area contributed by atoms with Gasteiger partial charge >= 0.3 is 6.09 Å². The standard InChI is InChI=1S/C10H17NO2/c1-11(2)10(12)13-8-9-6-4-3-5-7-9/h4,6,9H,3,5,7-8H2,1-2H3/t9-/m0/s1. The summed E-state index contributed by atoms with van der Waals surface area (Å²) in [5.41, 5.74) is 0. The highest BCUT2D eigenvalue weighted by atomic mass is 16.6. The van der Waals surface area contributed by atoms with Gasteiger partial charge in [0.15, 0.2) is 0 Å². The Morgan fingerprint density at radius 2 is 2.38 bits per heavy atom. The molecule has 0 aromatic carbocycles. The molecule has 3 nitrogen and oxygen atoms in total. The third-order valence-electron chi connectivity index (χ3n) is 2.14. The van der Waals surface area contributed by atoms with E-state index in [1.165, 1.54) is 11.3 Å². The smallest absolute Gasteiger partial charge is 0.409 e. The van der Waals surface area contributed by atoms with E-state index in [4.69, 9.17) is 4.74 Å². The molecule has 0 spiro atoms. The first-order valence-electron chi connectivity index (χ1n) is 4.71. The molecule has 74 valence electrons. The van der Waals surface area contributed by atoms with Gasteiger partial charge in [0.2, 0.25) is 0 Å². The Labute approximate surface area is 79.4 Å². The van der Waals surface area contributed by atoms with E-state index in [1.54, 1.807) is 14.1 Å². The van der Waals surface area contributed by atoms with Crippen molar-refractivity contribution in [3.63, 3.8) is 0 Å². The molecule has 0 aromatic heterocycles. The van der Waals surface area contributed by atoms with Gasteiger partial charge in [-0.2, -0.15) is 0 Å². The van der Waals surface area contributed by atoms with E-state index >= 15 is 0 Å². The highest BCUT2D eigenvalue weighted by Gasteiger charge is 2.11. The lowest BCUT2D eigenvalue weighted by molar-refractivity contribution is 0.106. The molecule has 1 atom stereocenters. The number of ether oxygens (including phenoxy) is 1. The van der Waals surface area contributed by atoms with Crippen LogP contribution in [0.1, 0.15) is 19.3 Å². The minimum Gasteiger partial charge on any atom is -0.449 e. The Morgan fingerprint density at radius 3 is 2.92 bits per heavy atom. The van der Waals surface area contributed by atoms with E-state index in [0.29, 0.717) is 12.5 Å². The van der Waals surface area contributed by atoms with Crippen LogP contribution in [-0.2, 0) is 4.74 Å². The molecule has 0 radical (unpaired) electrons. The molecule has 0 aromatic rings. The molecular weight excluding hydrogens is 166 g/mol. The normalized spacial score (nSPS) is 21.2. The number of allylic oxidation sites excluding steroid dienone is 1. The first-order chi connectivity index (χ1) is 6.20. The van der Waals surface area contributed by atoms with Gasteiger partial charge in [-0.1, -0.05) is 12.2 Å². The molecule has 0 aliphatic heterocycles. The summed E-state index contributed by atoms with van der Waals surface area (Å²) in [5.74, 6) is 0.428. The first-order valence-corrected chi connectivity index (χ1v) is 4.71. The van der Waals surface area contributed by atoms with Gasteiger partial charge in [-0.15, -0.1) is 0 Å². The lowest BCUT2D eigenvalue weighted by Crippen LogP contribution is -2.25. The molecule has 13 heavy (non-hydrogen) atoms. The fourth-order valence-electron chi connectivity index (χ4n) is 1.33. The number of hydrogen-bond acceptors (Lipinski definition) is 2. The maximum Gasteiger partial charge on any atom is 0.409 e. The Hall–Kier alpha value is -0.990. The van der Waals surface area contributed by atoms with Crippen LogP contribution >= 0.6 is 0 Å². The summed E-state index contributed by atoms with van der Waals surface area (Å²) in [4.78, 5) is 12.5. The van der Waals surface area contributed by atoms with Crippen LogP contribution in [0.4, 0.5) is 4.79 Å². The monoisotopic (exact) mass is 183 g/mol. The van der Waals surface area contributed by atoms with Crippen molar-refractivity contribution in [2.24, 2.45) is 5.92 Å². The zero-order chi connectivity index (χ0) is 9.68. The average Bonchev–Trinajstić information content (AvgIpc) is 2.15. The van der Waals surface area contributed by atoms with Crippen molar-refractivity contribution in [2.75, 3.05) is 20.7 Å². The molecule has 1 rings (SSSR count). The summed E-state index contributed by atoms with van der Waals surface area (Å²) in [6.45, 7) is 0.521. The van der Waals surface area contributed by atoms with Crippen molar-refractivity contribution < 1.29 is 9.53 Å². The lowest BCUT2D eigenvalue weighted by Gasteiger charge is -2.17. The summed E-state index contributed by atoms with van der Waals surface area (Å²) in [5, 5.41) is 0. The van der Waals surface area contributed by atoms with Gasteiger partial charge in [0.1, 0.15) is 0 Å². The fourth-order valence-corrected chi connectivity index (χ4v) is 1.33. The van der Waals surface area contributed by atoms with Gasteiger partial charge in [0.05, 0.1) is 6.61 Å². The number of nitrogens with zero attached hydrogens (tertiary/aromatic N) is 1. The molecule has 1 aliphatic carbocycles. The largest absolute Gasteiger partial charge is 0.449 e. The molecule has 0 fully saturated rings. The zero-order valence-electron chi connectivity index (χ0n) is 8.32. The van der Waals surface area contributed by atoms with Crippen LogP contribution in [0.5, 0.6) is 0 Å². The number of amides is 1. The summed E-state index contributed by atoms with van der Waals surface area (Å²) < 4.78 is 5.08. The van der Waals surface area contributed by atoms with Crippen LogP contribution < -0.4 is 0 Å². The van der Waals surface area contributed by atoms with Gasteiger partial charge in [-0.25, -0.2) is 4.79 Å². The second kappa shape index (κ2) is 4.90. The summed E-state index contributed by atoms with van der Waals surface area (Å²) in [6.07, 6.45) is 7.57. The Kier molecular flexibility index (Phi) is 3.80. The number of hydrogen-bond donors (Lipinski definition) is 0. The van der Waals surface area contributed by atoms with Crippen LogP contribution in [-0.4, -0.2) is 31.7 Å². The first kappa shape index (κ1) is 10.1. The summed E-state index contributed by atoms with van der Waals surface area (Å²) >= 11 is 0. The van der Waals surface area contributed by atoms with Gasteiger partial charge in [0.25, 0.3) is 0 Å². The van der Waals surface area contributed by atoms with Crippen molar-refractivity contribution in [3.8, 4) is 0 Å². The van der Waals surface area contributed by atoms with Gasteiger partial charge in [0, 0.05) is 20.0 Å². The van der Waals surface area contributed by atoms with E-state index < -0.39 is 0 Å². The van der Waals surface area contributed by atoms with E-state index in [9.17, 15) is 4.79 Å². The second-order valence-electron chi connectivity index (χ2n) is 3.59. The van der Waals surface area contributed by atoms with Gasteiger partial charge in [-0.05, 0) is 19.3 Å². The third-order valence-corrected chi connectivity index (χ3v) is 2.14. The molecule has 0 saturated heterocycles. The molecule has 0 N–H and O–H groups in total. The van der Waals surface area contributed by atoms with E-state index in [0.717, 1.165) is 12.8 Å². The van der Waals surface area contributed by atoms with Crippen molar-refractivity contribution >= 4 is 6.09 Å². The van der Waals surface area contributed by atoms with E-state index in [2.05, 4.69) is 12.2 Å². The summed E-state index contributed by atoms with van der Waals surface area (Å²) in [7, 11) is 3.39. The average molecular weight is 183 g/mol. The number of carbonyl (C=O) groups is 1. The second-order valence-corrected chi connectivity index (χ2v) is 3.59. The van der Waals surface area contributed by atoms with E-state index in [-0.39, 0.29) is 6.09 Å². The van der Waals surface area contributed by atoms with Crippen LogP contribution in [0.25, 0.3) is 0 Å². The molecule has 1 aliphatic rings. The Balaban J connectivity index is 2.21. The Morgan fingerprint density at radius 1 is 1.62 bits per heavy atom. The van der Waals surface area contributed by atoms with Crippen molar-refractivity contribution in [3.05, 3.63) is 12.2 Å². The highest BCUT2D eigenvalue weighted by molar-refractivity contribution is 5.66. The lowest BCUT2D eigenvalue weighted by atomic mass is 9.97. The predicted molar refractivity (Wildman–Crippen MR) is 51.5 cm³/mol. The Bertz CT molecular complexity index is 199. The van der Waals surface area contributed by atoms with Gasteiger partial charge in [-0.3, -0.25) is 0 Å². The summed E-state index contributed by atoms with van der Waals surface area (Å²) in [6, 6.07) is 0. The maximum atomic E-state index is 11.1. The molecule has 0 saturated carbocycles. The van der Waals surface area contributed by atoms with Crippen molar-refractivity contribution in [1.29, 1.82) is 0 Å². The number of rotatable bonds is 2. The molecule has 0 bridgehead atoms. The van der Waals surface area contributed by atoms with Crippen LogP contribution in [0.2, 0.25) is 0 Å². The molecular formula is C10H17NO2. The van der Waals surface area contributed by atoms with Crippen molar-refractivity contribution in [2.45, 2.75) is 19.3 Å². The minimum absolute atomic E-state index is 0.251. The molecule has 1 amide bonds. The molecule has 3 heteroatoms. The maximum absolute atomic E-state index is 11.1. The van der Waals surface area contributed by atoms with Crippen LogP contribution in [0.15, 0.2) is 12.2 Å². The number of carbonyl (C=O) groups excluding carboxylic acids is 1. The highest BCUT2D eigenvalue weighted by Crippen LogP contribution is 2.17. The fraction of sp³-hybridized carbons (Fsp3) is 0.700. The third kappa shape index (κ3) is 3.49. The van der Waals surface area contributed by atoms with Crippen LogP contribution in [0, 0.1) is 5.92 Å². The molecule has 0 unspecified atom stereocenters. The zero-order valence-corrected chi connectivity index (χ0v) is 8.32. The van der Waals surface area contributed by atoms with Crippen molar-refractivity contribution in [1.82, 2.24) is 4.90 Å². The predicted octanol–water partition coefficient (Wildman–Crippen LogP) is 2.04. The quantitative estimate of drug-likeness (QED) is 0.613. The SMILES string of the molecule is CN(C)C(=O)OC[C@H]1C=CCCC1.